The van der Waals surface area contributed by atoms with Gasteiger partial charge < -0.3 is 20.5 Å². The molecule has 1 aliphatic rings. The Morgan fingerprint density at radius 2 is 2.38 bits per heavy atom. The van der Waals surface area contributed by atoms with Gasteiger partial charge in [0.1, 0.15) is 6.10 Å². The van der Waals surface area contributed by atoms with E-state index >= 15 is 0 Å². The molecule has 3 unspecified atom stereocenters. The van der Waals surface area contributed by atoms with Crippen LogP contribution in [0.25, 0.3) is 0 Å². The van der Waals surface area contributed by atoms with E-state index in [2.05, 4.69) is 5.32 Å². The molecule has 0 saturated carbocycles. The number of methoxy groups -OCH3 is 1. The van der Waals surface area contributed by atoms with Crippen molar-refractivity contribution in [2.75, 3.05) is 20.3 Å². The average Bonchev–Trinajstić information content (AvgIpc) is 2.50. The highest BCUT2D eigenvalue weighted by molar-refractivity contribution is 5.80. The van der Waals surface area contributed by atoms with Crippen LogP contribution in [-0.4, -0.2) is 44.4 Å². The van der Waals surface area contributed by atoms with E-state index in [1.807, 2.05) is 0 Å². The fraction of sp³-hybridized carbons (Fsp3) is 0.875. The first-order valence-electron chi connectivity index (χ1n) is 4.31. The maximum absolute atomic E-state index is 11.3. The van der Waals surface area contributed by atoms with Crippen molar-refractivity contribution in [2.24, 2.45) is 5.73 Å². The fourth-order valence-corrected chi connectivity index (χ4v) is 1.13. The van der Waals surface area contributed by atoms with Crippen molar-refractivity contribution in [3.05, 3.63) is 0 Å². The SMILES string of the molecule is COC(C)C(=O)NC1COCC1N. The predicted molar refractivity (Wildman–Crippen MR) is 47.2 cm³/mol. The van der Waals surface area contributed by atoms with Crippen molar-refractivity contribution in [2.45, 2.75) is 25.1 Å². The zero-order chi connectivity index (χ0) is 9.84. The third-order valence-corrected chi connectivity index (χ3v) is 2.17. The monoisotopic (exact) mass is 188 g/mol. The average molecular weight is 188 g/mol. The number of nitrogens with two attached hydrogens (primary N) is 1. The third kappa shape index (κ3) is 2.65. The molecule has 13 heavy (non-hydrogen) atoms. The normalized spacial score (nSPS) is 30.1. The first-order chi connectivity index (χ1) is 6.15. The van der Waals surface area contributed by atoms with E-state index in [0.717, 1.165) is 0 Å². The summed E-state index contributed by atoms with van der Waals surface area (Å²) in [5.74, 6) is -0.145. The lowest BCUT2D eigenvalue weighted by Gasteiger charge is -2.17. The van der Waals surface area contributed by atoms with Crippen LogP contribution >= 0.6 is 0 Å². The molecule has 3 atom stereocenters. The first-order valence-corrected chi connectivity index (χ1v) is 4.31. The Morgan fingerprint density at radius 3 is 2.85 bits per heavy atom. The van der Waals surface area contributed by atoms with Crippen LogP contribution in [0.4, 0.5) is 0 Å². The van der Waals surface area contributed by atoms with Crippen molar-refractivity contribution in [1.29, 1.82) is 0 Å². The molecule has 0 aliphatic carbocycles. The molecule has 76 valence electrons. The van der Waals surface area contributed by atoms with Gasteiger partial charge in [0.15, 0.2) is 0 Å². The molecule has 1 rings (SSSR count). The summed E-state index contributed by atoms with van der Waals surface area (Å²) in [6.45, 7) is 2.69. The highest BCUT2D eigenvalue weighted by Crippen LogP contribution is 2.03. The molecule has 1 saturated heterocycles. The van der Waals surface area contributed by atoms with Crippen LogP contribution in [-0.2, 0) is 14.3 Å². The smallest absolute Gasteiger partial charge is 0.249 e. The Hall–Kier alpha value is -0.650. The second kappa shape index (κ2) is 4.55. The Labute approximate surface area is 77.6 Å². The summed E-state index contributed by atoms with van der Waals surface area (Å²) >= 11 is 0. The molecule has 1 amide bonds. The van der Waals surface area contributed by atoms with Crippen molar-refractivity contribution in [1.82, 2.24) is 5.32 Å². The van der Waals surface area contributed by atoms with E-state index < -0.39 is 6.10 Å². The molecule has 5 heteroatoms. The number of hydrogen-bond acceptors (Lipinski definition) is 4. The standard InChI is InChI=1S/C8H16N2O3/c1-5(12-2)8(11)10-7-4-13-3-6(7)9/h5-7H,3-4,9H2,1-2H3,(H,10,11). The maximum Gasteiger partial charge on any atom is 0.249 e. The third-order valence-electron chi connectivity index (χ3n) is 2.17. The second-order valence-corrected chi connectivity index (χ2v) is 3.19. The number of carbonyl (C=O) groups is 1. The van der Waals surface area contributed by atoms with E-state index in [1.165, 1.54) is 7.11 Å². The topological polar surface area (TPSA) is 73.6 Å². The highest BCUT2D eigenvalue weighted by atomic mass is 16.5. The minimum absolute atomic E-state index is 0.0786. The van der Waals surface area contributed by atoms with Crippen LogP contribution in [0.2, 0.25) is 0 Å². The van der Waals surface area contributed by atoms with Gasteiger partial charge in [-0.15, -0.1) is 0 Å². The lowest BCUT2D eigenvalue weighted by Crippen LogP contribution is -2.49. The van der Waals surface area contributed by atoms with E-state index in [-0.39, 0.29) is 18.0 Å². The molecule has 5 nitrogen and oxygen atoms in total. The van der Waals surface area contributed by atoms with Gasteiger partial charge in [-0.3, -0.25) is 4.79 Å². The van der Waals surface area contributed by atoms with Crippen molar-refractivity contribution in [3.8, 4) is 0 Å². The van der Waals surface area contributed by atoms with Crippen LogP contribution in [0.3, 0.4) is 0 Å². The summed E-state index contributed by atoms with van der Waals surface area (Å²) in [5.41, 5.74) is 5.69. The summed E-state index contributed by atoms with van der Waals surface area (Å²) in [5, 5.41) is 2.77. The van der Waals surface area contributed by atoms with Crippen LogP contribution in [0, 0.1) is 0 Å². The number of nitrogens with one attached hydrogen (secondary N) is 1. The van der Waals surface area contributed by atoms with Crippen LogP contribution in [0.15, 0.2) is 0 Å². The zero-order valence-electron chi connectivity index (χ0n) is 7.95. The molecule has 0 aromatic rings. The number of ether oxygens (including phenoxy) is 2. The molecule has 0 aromatic heterocycles. The molecule has 0 spiro atoms. The van der Waals surface area contributed by atoms with Gasteiger partial charge in [-0.05, 0) is 6.92 Å². The van der Waals surface area contributed by atoms with Crippen LogP contribution in [0.5, 0.6) is 0 Å². The Bertz CT molecular complexity index is 186. The summed E-state index contributed by atoms with van der Waals surface area (Å²) in [4.78, 5) is 11.3. The molecule has 0 bridgehead atoms. The van der Waals surface area contributed by atoms with Gasteiger partial charge in [0.05, 0.1) is 25.3 Å². The molecule has 0 aromatic carbocycles. The summed E-state index contributed by atoms with van der Waals surface area (Å²) in [7, 11) is 1.50. The number of rotatable bonds is 3. The minimum Gasteiger partial charge on any atom is -0.378 e. The van der Waals surface area contributed by atoms with Gasteiger partial charge in [-0.1, -0.05) is 0 Å². The largest absolute Gasteiger partial charge is 0.378 e. The second-order valence-electron chi connectivity index (χ2n) is 3.19. The van der Waals surface area contributed by atoms with Crippen molar-refractivity contribution in [3.63, 3.8) is 0 Å². The van der Waals surface area contributed by atoms with Gasteiger partial charge in [0, 0.05) is 7.11 Å². The maximum atomic E-state index is 11.3. The summed E-state index contributed by atoms with van der Waals surface area (Å²) in [6, 6.07) is -0.182. The fourth-order valence-electron chi connectivity index (χ4n) is 1.13. The van der Waals surface area contributed by atoms with Gasteiger partial charge in [0.25, 0.3) is 0 Å². The van der Waals surface area contributed by atoms with E-state index in [4.69, 9.17) is 15.2 Å². The lowest BCUT2D eigenvalue weighted by molar-refractivity contribution is -0.130. The van der Waals surface area contributed by atoms with Crippen LogP contribution in [0.1, 0.15) is 6.92 Å². The highest BCUT2D eigenvalue weighted by Gasteiger charge is 2.27. The molecular formula is C8H16N2O3. The van der Waals surface area contributed by atoms with Gasteiger partial charge in [0.2, 0.25) is 5.91 Å². The van der Waals surface area contributed by atoms with Crippen LogP contribution < -0.4 is 11.1 Å². The number of amides is 1. The Morgan fingerprint density at radius 1 is 1.69 bits per heavy atom. The molecule has 1 heterocycles. The van der Waals surface area contributed by atoms with E-state index in [9.17, 15) is 4.79 Å². The van der Waals surface area contributed by atoms with E-state index in [1.54, 1.807) is 6.92 Å². The molecule has 0 radical (unpaired) electrons. The molecular weight excluding hydrogens is 172 g/mol. The molecule has 3 N–H and O–H groups in total. The Balaban J connectivity index is 2.35. The van der Waals surface area contributed by atoms with Gasteiger partial charge in [-0.2, -0.15) is 0 Å². The lowest BCUT2D eigenvalue weighted by atomic mass is 10.2. The number of carbonyl (C=O) groups excluding carboxylic acids is 1. The Kier molecular flexibility index (Phi) is 3.65. The quantitative estimate of drug-likeness (QED) is 0.587. The summed E-state index contributed by atoms with van der Waals surface area (Å²) < 4.78 is 9.97. The molecule has 1 fully saturated rings. The van der Waals surface area contributed by atoms with Gasteiger partial charge in [-0.25, -0.2) is 0 Å². The predicted octanol–water partition coefficient (Wildman–Crippen LogP) is -1.14. The van der Waals surface area contributed by atoms with Crippen molar-refractivity contribution >= 4 is 5.91 Å². The number of hydrogen-bond donors (Lipinski definition) is 2. The van der Waals surface area contributed by atoms with Gasteiger partial charge >= 0.3 is 0 Å². The van der Waals surface area contributed by atoms with Crippen molar-refractivity contribution < 1.29 is 14.3 Å². The van der Waals surface area contributed by atoms with E-state index in [0.29, 0.717) is 13.2 Å². The molecule has 1 aliphatic heterocycles. The summed E-state index contributed by atoms with van der Waals surface area (Å²) in [6.07, 6.45) is -0.437. The zero-order valence-corrected chi connectivity index (χ0v) is 7.95. The first kappa shape index (κ1) is 10.4. The minimum atomic E-state index is -0.437.